The summed E-state index contributed by atoms with van der Waals surface area (Å²) in [5, 5.41) is 0. The van der Waals surface area contributed by atoms with Crippen LogP contribution in [0.25, 0.3) is 0 Å². The van der Waals surface area contributed by atoms with E-state index in [-0.39, 0.29) is 5.75 Å². The van der Waals surface area contributed by atoms with E-state index in [0.29, 0.717) is 11.3 Å². The van der Waals surface area contributed by atoms with Crippen LogP contribution in [0.1, 0.15) is 17.3 Å². The lowest BCUT2D eigenvalue weighted by molar-refractivity contribution is -0.274. The van der Waals surface area contributed by atoms with Gasteiger partial charge >= 0.3 is 6.36 Å². The largest absolute Gasteiger partial charge is 0.573 e. The molecule has 100 valence electrons. The minimum atomic E-state index is -4.71. The summed E-state index contributed by atoms with van der Waals surface area (Å²) in [5.74, 6) is -0.295. The highest BCUT2D eigenvalue weighted by atomic mass is 19.4. The highest BCUT2D eigenvalue weighted by Crippen LogP contribution is 2.26. The summed E-state index contributed by atoms with van der Waals surface area (Å²) in [6.07, 6.45) is -3.14. The number of pyridine rings is 1. The molecule has 0 fully saturated rings. The molecule has 0 amide bonds. The van der Waals surface area contributed by atoms with Gasteiger partial charge < -0.3 is 10.5 Å². The molecule has 1 atom stereocenters. The van der Waals surface area contributed by atoms with E-state index in [1.165, 1.54) is 18.2 Å². The SMILES string of the molecule is NC(c1cccc(OC(F)(F)F)c1)c1ccccn1. The van der Waals surface area contributed by atoms with Crippen molar-refractivity contribution in [3.8, 4) is 5.75 Å². The number of rotatable bonds is 3. The monoisotopic (exact) mass is 268 g/mol. The number of halogens is 3. The molecular formula is C13H11F3N2O. The fourth-order valence-electron chi connectivity index (χ4n) is 1.64. The summed E-state index contributed by atoms with van der Waals surface area (Å²) in [6.45, 7) is 0. The van der Waals surface area contributed by atoms with Gasteiger partial charge in [-0.3, -0.25) is 4.98 Å². The number of hydrogen-bond donors (Lipinski definition) is 1. The predicted molar refractivity (Wildman–Crippen MR) is 63.4 cm³/mol. The van der Waals surface area contributed by atoms with Crippen LogP contribution in [-0.4, -0.2) is 11.3 Å². The molecule has 1 aromatic carbocycles. The number of ether oxygens (including phenoxy) is 1. The van der Waals surface area contributed by atoms with Crippen molar-refractivity contribution in [2.24, 2.45) is 5.73 Å². The Morgan fingerprint density at radius 1 is 1.11 bits per heavy atom. The molecule has 3 nitrogen and oxygen atoms in total. The summed E-state index contributed by atoms with van der Waals surface area (Å²) in [7, 11) is 0. The number of nitrogens with two attached hydrogens (primary N) is 1. The topological polar surface area (TPSA) is 48.1 Å². The van der Waals surface area contributed by atoms with Crippen molar-refractivity contribution in [1.82, 2.24) is 4.98 Å². The lowest BCUT2D eigenvalue weighted by Crippen LogP contribution is -2.18. The maximum atomic E-state index is 12.1. The molecule has 0 saturated carbocycles. The van der Waals surface area contributed by atoms with E-state index in [0.717, 1.165) is 0 Å². The Kier molecular flexibility index (Phi) is 3.71. The van der Waals surface area contributed by atoms with Gasteiger partial charge in [0, 0.05) is 6.20 Å². The van der Waals surface area contributed by atoms with Crippen molar-refractivity contribution >= 4 is 0 Å². The molecular weight excluding hydrogens is 257 g/mol. The second-order valence-corrected chi connectivity index (χ2v) is 3.85. The van der Waals surface area contributed by atoms with Crippen LogP contribution in [0.2, 0.25) is 0 Å². The lowest BCUT2D eigenvalue weighted by Gasteiger charge is -2.14. The van der Waals surface area contributed by atoms with Gasteiger partial charge in [0.1, 0.15) is 5.75 Å². The van der Waals surface area contributed by atoms with E-state index in [1.807, 2.05) is 0 Å². The van der Waals surface area contributed by atoms with E-state index in [4.69, 9.17) is 5.73 Å². The van der Waals surface area contributed by atoms with Gasteiger partial charge in [-0.25, -0.2) is 0 Å². The smallest absolute Gasteiger partial charge is 0.406 e. The lowest BCUT2D eigenvalue weighted by atomic mass is 10.0. The van der Waals surface area contributed by atoms with Gasteiger partial charge in [-0.15, -0.1) is 13.2 Å². The second-order valence-electron chi connectivity index (χ2n) is 3.85. The number of alkyl halides is 3. The molecule has 2 rings (SSSR count). The molecule has 2 N–H and O–H groups in total. The quantitative estimate of drug-likeness (QED) is 0.930. The fraction of sp³-hybridized carbons (Fsp3) is 0.154. The Bertz CT molecular complexity index is 543. The average Bonchev–Trinajstić information content (AvgIpc) is 2.37. The van der Waals surface area contributed by atoms with Gasteiger partial charge in [0.2, 0.25) is 0 Å². The van der Waals surface area contributed by atoms with Gasteiger partial charge in [-0.05, 0) is 29.8 Å². The highest BCUT2D eigenvalue weighted by molar-refractivity contribution is 5.34. The summed E-state index contributed by atoms with van der Waals surface area (Å²) in [6, 6.07) is 10.2. The molecule has 0 saturated heterocycles. The molecule has 6 heteroatoms. The Morgan fingerprint density at radius 2 is 1.89 bits per heavy atom. The Labute approximate surface area is 107 Å². The van der Waals surface area contributed by atoms with Crippen molar-refractivity contribution in [3.63, 3.8) is 0 Å². The van der Waals surface area contributed by atoms with E-state index in [9.17, 15) is 13.2 Å². The Balaban J connectivity index is 2.24. The van der Waals surface area contributed by atoms with Crippen molar-refractivity contribution < 1.29 is 17.9 Å². The van der Waals surface area contributed by atoms with E-state index >= 15 is 0 Å². The number of nitrogens with zero attached hydrogens (tertiary/aromatic N) is 1. The molecule has 1 unspecified atom stereocenters. The minimum absolute atomic E-state index is 0.295. The Morgan fingerprint density at radius 3 is 2.53 bits per heavy atom. The molecule has 1 heterocycles. The predicted octanol–water partition coefficient (Wildman–Crippen LogP) is 3.03. The maximum absolute atomic E-state index is 12.1. The first-order chi connectivity index (χ1) is 8.96. The molecule has 19 heavy (non-hydrogen) atoms. The molecule has 0 bridgehead atoms. The van der Waals surface area contributed by atoms with Crippen LogP contribution < -0.4 is 10.5 Å². The first-order valence-electron chi connectivity index (χ1n) is 5.48. The summed E-state index contributed by atoms with van der Waals surface area (Å²) >= 11 is 0. The minimum Gasteiger partial charge on any atom is -0.406 e. The summed E-state index contributed by atoms with van der Waals surface area (Å²) in [4.78, 5) is 4.07. The maximum Gasteiger partial charge on any atom is 0.573 e. The van der Waals surface area contributed by atoms with Crippen LogP contribution in [0, 0.1) is 0 Å². The molecule has 1 aromatic heterocycles. The number of aromatic nitrogens is 1. The van der Waals surface area contributed by atoms with Crippen molar-refractivity contribution in [3.05, 3.63) is 59.9 Å². The molecule has 0 spiro atoms. The third kappa shape index (κ3) is 3.69. The zero-order valence-corrected chi connectivity index (χ0v) is 9.76. The normalized spacial score (nSPS) is 13.1. The van der Waals surface area contributed by atoms with Crippen LogP contribution in [0.3, 0.4) is 0 Å². The summed E-state index contributed by atoms with van der Waals surface area (Å²) in [5.41, 5.74) is 7.03. The van der Waals surface area contributed by atoms with Crippen molar-refractivity contribution in [2.75, 3.05) is 0 Å². The van der Waals surface area contributed by atoms with E-state index in [1.54, 1.807) is 30.5 Å². The average molecular weight is 268 g/mol. The fourth-order valence-corrected chi connectivity index (χ4v) is 1.64. The van der Waals surface area contributed by atoms with Crippen LogP contribution in [-0.2, 0) is 0 Å². The zero-order chi connectivity index (χ0) is 13.9. The highest BCUT2D eigenvalue weighted by Gasteiger charge is 2.31. The van der Waals surface area contributed by atoms with Gasteiger partial charge in [-0.2, -0.15) is 0 Å². The van der Waals surface area contributed by atoms with E-state index < -0.39 is 12.4 Å². The number of benzene rings is 1. The van der Waals surface area contributed by atoms with Gasteiger partial charge in [0.05, 0.1) is 11.7 Å². The van der Waals surface area contributed by atoms with Gasteiger partial charge in [-0.1, -0.05) is 18.2 Å². The van der Waals surface area contributed by atoms with Crippen LogP contribution in [0.5, 0.6) is 5.75 Å². The van der Waals surface area contributed by atoms with Crippen LogP contribution in [0.15, 0.2) is 48.7 Å². The van der Waals surface area contributed by atoms with Crippen LogP contribution >= 0.6 is 0 Å². The standard InChI is InChI=1S/C13H11F3N2O/c14-13(15,16)19-10-5-3-4-9(8-10)12(17)11-6-1-2-7-18-11/h1-8,12H,17H2. The molecule has 2 aromatic rings. The third-order valence-corrected chi connectivity index (χ3v) is 2.46. The second kappa shape index (κ2) is 5.27. The zero-order valence-electron chi connectivity index (χ0n) is 9.76. The molecule has 0 aliphatic carbocycles. The Hall–Kier alpha value is -2.08. The van der Waals surface area contributed by atoms with Crippen molar-refractivity contribution in [2.45, 2.75) is 12.4 Å². The first-order valence-corrected chi connectivity index (χ1v) is 5.48. The van der Waals surface area contributed by atoms with E-state index in [2.05, 4.69) is 9.72 Å². The van der Waals surface area contributed by atoms with Gasteiger partial charge in [0.25, 0.3) is 0 Å². The molecule has 0 aliphatic rings. The molecule has 0 aliphatic heterocycles. The first kappa shape index (κ1) is 13.4. The van der Waals surface area contributed by atoms with Crippen molar-refractivity contribution in [1.29, 1.82) is 0 Å². The van der Waals surface area contributed by atoms with Gasteiger partial charge in [0.15, 0.2) is 0 Å². The number of hydrogen-bond acceptors (Lipinski definition) is 3. The third-order valence-electron chi connectivity index (χ3n) is 2.46. The molecule has 0 radical (unpaired) electrons. The summed E-state index contributed by atoms with van der Waals surface area (Å²) < 4.78 is 40.2. The van der Waals surface area contributed by atoms with Crippen LogP contribution in [0.4, 0.5) is 13.2 Å².